The minimum Gasteiger partial charge on any atom is -0.455 e. The molecule has 6 heteroatoms. The molecule has 0 unspecified atom stereocenters. The summed E-state index contributed by atoms with van der Waals surface area (Å²) in [7, 11) is 0. The van der Waals surface area contributed by atoms with Gasteiger partial charge in [0.2, 0.25) is 5.76 Å². The number of aryl methyl sites for hydroxylation is 1. The first-order valence-corrected chi connectivity index (χ1v) is 7.23. The number of halogens is 1. The highest BCUT2D eigenvalue weighted by atomic mass is 35.5. The Hall–Kier alpha value is -2.66. The van der Waals surface area contributed by atoms with Gasteiger partial charge in [-0.1, -0.05) is 29.3 Å². The Labute approximate surface area is 136 Å². The number of fused-ring (bicyclic) bond motifs is 1. The third-order valence-electron chi connectivity index (χ3n) is 3.24. The molecule has 0 spiro atoms. The van der Waals surface area contributed by atoms with Crippen molar-refractivity contribution in [1.29, 1.82) is 0 Å². The number of ether oxygens (including phenoxy) is 1. The molecule has 1 aromatic carbocycles. The summed E-state index contributed by atoms with van der Waals surface area (Å²) in [5.41, 5.74) is 1.69. The second-order valence-electron chi connectivity index (χ2n) is 5.04. The van der Waals surface area contributed by atoms with E-state index in [1.807, 2.05) is 6.92 Å². The molecule has 0 aliphatic carbocycles. The maximum atomic E-state index is 12.1. The maximum Gasteiger partial charge on any atom is 0.374 e. The minimum absolute atomic E-state index is 0.0125. The first-order chi connectivity index (χ1) is 11.0. The number of benzene rings is 1. The second kappa shape index (κ2) is 6.22. The Morgan fingerprint density at radius 1 is 1.26 bits per heavy atom. The van der Waals surface area contributed by atoms with Crippen LogP contribution >= 0.6 is 11.6 Å². The van der Waals surface area contributed by atoms with Crippen LogP contribution in [0.5, 0.6) is 0 Å². The van der Waals surface area contributed by atoms with Crippen LogP contribution < -0.4 is 5.43 Å². The smallest absolute Gasteiger partial charge is 0.374 e. The van der Waals surface area contributed by atoms with Gasteiger partial charge in [-0.25, -0.2) is 9.78 Å². The van der Waals surface area contributed by atoms with Crippen molar-refractivity contribution in [2.24, 2.45) is 0 Å². The second-order valence-corrected chi connectivity index (χ2v) is 5.43. The van der Waals surface area contributed by atoms with Gasteiger partial charge in [-0.15, -0.1) is 0 Å². The molecule has 0 radical (unpaired) electrons. The molecule has 0 saturated heterocycles. The normalized spacial score (nSPS) is 10.7. The van der Waals surface area contributed by atoms with Crippen molar-refractivity contribution in [3.8, 4) is 0 Å². The molecule has 0 bridgehead atoms. The SMILES string of the molecule is Cc1ccc2oc(C(=O)OCc3ccc(Cl)nc3)cc(=O)c2c1. The van der Waals surface area contributed by atoms with E-state index < -0.39 is 5.97 Å². The fraction of sp³-hybridized carbons (Fsp3) is 0.118. The van der Waals surface area contributed by atoms with Crippen molar-refractivity contribution in [2.75, 3.05) is 0 Å². The standard InChI is InChI=1S/C17H12ClNO4/c1-10-2-4-14-12(6-10)13(20)7-15(23-14)17(21)22-9-11-3-5-16(18)19-8-11/h2-8H,9H2,1H3. The average Bonchev–Trinajstić information content (AvgIpc) is 2.54. The molecular formula is C17H12ClNO4. The van der Waals surface area contributed by atoms with Crippen LogP contribution in [0.2, 0.25) is 5.15 Å². The van der Waals surface area contributed by atoms with Crippen molar-refractivity contribution in [2.45, 2.75) is 13.5 Å². The zero-order chi connectivity index (χ0) is 16.4. The Bertz CT molecular complexity index is 931. The summed E-state index contributed by atoms with van der Waals surface area (Å²) in [5.74, 6) is -0.840. The number of aromatic nitrogens is 1. The molecule has 0 N–H and O–H groups in total. The number of carbonyl (C=O) groups excluding carboxylic acids is 1. The number of pyridine rings is 1. The van der Waals surface area contributed by atoms with Crippen LogP contribution in [0.4, 0.5) is 0 Å². The molecule has 2 aromatic heterocycles. The van der Waals surface area contributed by atoms with Gasteiger partial charge in [-0.2, -0.15) is 0 Å². The van der Waals surface area contributed by atoms with Gasteiger partial charge in [0.25, 0.3) is 0 Å². The van der Waals surface area contributed by atoms with Crippen LogP contribution in [0.15, 0.2) is 51.8 Å². The van der Waals surface area contributed by atoms with Gasteiger partial charge in [0.15, 0.2) is 5.43 Å². The lowest BCUT2D eigenvalue weighted by Crippen LogP contribution is -2.10. The van der Waals surface area contributed by atoms with Crippen LogP contribution in [0.25, 0.3) is 11.0 Å². The molecule has 5 nitrogen and oxygen atoms in total. The molecule has 0 fully saturated rings. The summed E-state index contributed by atoms with van der Waals surface area (Å²) in [6.45, 7) is 1.89. The zero-order valence-electron chi connectivity index (χ0n) is 12.2. The number of rotatable bonds is 3. The predicted molar refractivity (Wildman–Crippen MR) is 85.6 cm³/mol. The quantitative estimate of drug-likeness (QED) is 0.543. The number of nitrogens with zero attached hydrogens (tertiary/aromatic N) is 1. The number of esters is 1. The first-order valence-electron chi connectivity index (χ1n) is 6.85. The monoisotopic (exact) mass is 329 g/mol. The lowest BCUT2D eigenvalue weighted by molar-refractivity contribution is 0.0436. The van der Waals surface area contributed by atoms with E-state index in [0.29, 0.717) is 21.7 Å². The summed E-state index contributed by atoms with van der Waals surface area (Å²) in [5, 5.41) is 0.791. The molecule has 0 saturated carbocycles. The third kappa shape index (κ3) is 3.40. The summed E-state index contributed by atoms with van der Waals surface area (Å²) in [6, 6.07) is 9.62. The van der Waals surface area contributed by atoms with Crippen molar-refractivity contribution in [1.82, 2.24) is 4.98 Å². The minimum atomic E-state index is -0.709. The largest absolute Gasteiger partial charge is 0.455 e. The van der Waals surface area contributed by atoms with Crippen molar-refractivity contribution in [3.63, 3.8) is 0 Å². The van der Waals surface area contributed by atoms with E-state index >= 15 is 0 Å². The van der Waals surface area contributed by atoms with Crippen molar-refractivity contribution >= 4 is 28.5 Å². The Morgan fingerprint density at radius 3 is 2.83 bits per heavy atom. The average molecular weight is 330 g/mol. The highest BCUT2D eigenvalue weighted by Crippen LogP contribution is 2.15. The van der Waals surface area contributed by atoms with Crippen LogP contribution in [0.3, 0.4) is 0 Å². The molecule has 23 heavy (non-hydrogen) atoms. The Balaban J connectivity index is 1.82. The lowest BCUT2D eigenvalue weighted by Gasteiger charge is -2.05. The summed E-state index contributed by atoms with van der Waals surface area (Å²) in [6.07, 6.45) is 1.51. The van der Waals surface area contributed by atoms with E-state index in [-0.39, 0.29) is 17.8 Å². The van der Waals surface area contributed by atoms with Gasteiger partial charge >= 0.3 is 5.97 Å². The topological polar surface area (TPSA) is 69.4 Å². The van der Waals surface area contributed by atoms with Crippen LogP contribution in [-0.4, -0.2) is 11.0 Å². The zero-order valence-corrected chi connectivity index (χ0v) is 13.0. The molecule has 0 aliphatic heterocycles. The van der Waals surface area contributed by atoms with Crippen LogP contribution in [0.1, 0.15) is 21.7 Å². The molecule has 0 atom stereocenters. The molecule has 3 rings (SSSR count). The molecule has 116 valence electrons. The Kier molecular flexibility index (Phi) is 4.12. The first kappa shape index (κ1) is 15.2. The molecule has 0 aliphatic rings. The van der Waals surface area contributed by atoms with Crippen molar-refractivity contribution < 1.29 is 13.9 Å². The van der Waals surface area contributed by atoms with E-state index in [4.69, 9.17) is 20.8 Å². The molecule has 2 heterocycles. The van der Waals surface area contributed by atoms with Gasteiger partial charge in [-0.05, 0) is 25.1 Å². The van der Waals surface area contributed by atoms with Crippen molar-refractivity contribution in [3.05, 3.63) is 74.9 Å². The van der Waals surface area contributed by atoms with Gasteiger partial charge < -0.3 is 9.15 Å². The van der Waals surface area contributed by atoms with E-state index in [1.165, 1.54) is 6.20 Å². The van der Waals surface area contributed by atoms with E-state index in [9.17, 15) is 9.59 Å². The third-order valence-corrected chi connectivity index (χ3v) is 3.47. The molecule has 3 aromatic rings. The predicted octanol–water partition coefficient (Wildman–Crippen LogP) is 3.51. The lowest BCUT2D eigenvalue weighted by atomic mass is 10.1. The molecule has 0 amide bonds. The highest BCUT2D eigenvalue weighted by Gasteiger charge is 2.14. The number of carbonyl (C=O) groups is 1. The number of hydrogen-bond donors (Lipinski definition) is 0. The van der Waals surface area contributed by atoms with Gasteiger partial charge in [0.05, 0.1) is 5.39 Å². The summed E-state index contributed by atoms with van der Waals surface area (Å²) < 4.78 is 10.6. The fourth-order valence-corrected chi connectivity index (χ4v) is 2.19. The highest BCUT2D eigenvalue weighted by molar-refractivity contribution is 6.29. The summed E-state index contributed by atoms with van der Waals surface area (Å²) in [4.78, 5) is 28.0. The van der Waals surface area contributed by atoms with Crippen LogP contribution in [0, 0.1) is 6.92 Å². The molecular weight excluding hydrogens is 318 g/mol. The van der Waals surface area contributed by atoms with E-state index in [2.05, 4.69) is 4.98 Å². The number of hydrogen-bond acceptors (Lipinski definition) is 5. The Morgan fingerprint density at radius 2 is 2.09 bits per heavy atom. The maximum absolute atomic E-state index is 12.1. The fourth-order valence-electron chi connectivity index (χ4n) is 2.08. The van der Waals surface area contributed by atoms with E-state index in [0.717, 1.165) is 11.6 Å². The van der Waals surface area contributed by atoms with Gasteiger partial charge in [0, 0.05) is 17.8 Å². The van der Waals surface area contributed by atoms with Gasteiger partial charge in [0.1, 0.15) is 17.3 Å². The van der Waals surface area contributed by atoms with E-state index in [1.54, 1.807) is 30.3 Å². The van der Waals surface area contributed by atoms with Crippen LogP contribution in [-0.2, 0) is 11.3 Å². The van der Waals surface area contributed by atoms with Gasteiger partial charge in [-0.3, -0.25) is 4.79 Å². The summed E-state index contributed by atoms with van der Waals surface area (Å²) >= 11 is 5.69.